The van der Waals surface area contributed by atoms with Gasteiger partial charge < -0.3 is 10.4 Å². The van der Waals surface area contributed by atoms with Gasteiger partial charge in [0.25, 0.3) is 0 Å². The van der Waals surface area contributed by atoms with Crippen LogP contribution in [0.2, 0.25) is 0 Å². The van der Waals surface area contributed by atoms with Gasteiger partial charge in [-0.3, -0.25) is 4.79 Å². The number of nitrogens with one attached hydrogen (secondary N) is 1. The first kappa shape index (κ1) is 13.1. The van der Waals surface area contributed by atoms with Gasteiger partial charge in [0.05, 0.1) is 0 Å². The third-order valence-corrected chi connectivity index (χ3v) is 3.49. The lowest BCUT2D eigenvalue weighted by atomic mass is 10.0. The van der Waals surface area contributed by atoms with E-state index in [1.54, 1.807) is 0 Å². The molecule has 1 aliphatic carbocycles. The van der Waals surface area contributed by atoms with Gasteiger partial charge >= 0.3 is 5.97 Å². The summed E-state index contributed by atoms with van der Waals surface area (Å²) in [5.74, 6) is -1.59. The topological polar surface area (TPSA) is 66.4 Å². The summed E-state index contributed by atoms with van der Waals surface area (Å²) in [7, 11) is 0. The summed E-state index contributed by atoms with van der Waals surface area (Å²) in [6.45, 7) is 0. The Bertz CT molecular complexity index is 762. The predicted molar refractivity (Wildman–Crippen MR) is 80.1 cm³/mol. The molecule has 0 aromatic heterocycles. The Labute approximate surface area is 121 Å². The number of carboxylic acids is 1. The van der Waals surface area contributed by atoms with Gasteiger partial charge in [0.1, 0.15) is 0 Å². The fourth-order valence-electron chi connectivity index (χ4n) is 2.60. The molecule has 0 saturated heterocycles. The molecule has 0 heterocycles. The summed E-state index contributed by atoms with van der Waals surface area (Å²) < 4.78 is 0. The minimum absolute atomic E-state index is 0.443. The van der Waals surface area contributed by atoms with Crippen molar-refractivity contribution in [3.8, 4) is 11.1 Å². The largest absolute Gasteiger partial charge is 0.478 e. The van der Waals surface area contributed by atoms with Crippen LogP contribution in [-0.2, 0) is 16.0 Å². The first-order valence-electron chi connectivity index (χ1n) is 6.57. The molecule has 0 unspecified atom stereocenters. The van der Waals surface area contributed by atoms with Crippen LogP contribution >= 0.6 is 0 Å². The Balaban J connectivity index is 1.90. The SMILES string of the molecule is O=C(O)/C=C\C(=O)Nc1cccc2c1Cc1ccccc1-2. The maximum absolute atomic E-state index is 11.7. The maximum Gasteiger partial charge on any atom is 0.328 e. The van der Waals surface area contributed by atoms with Crippen molar-refractivity contribution in [3.05, 3.63) is 65.7 Å². The lowest BCUT2D eigenvalue weighted by molar-refractivity contribution is -0.131. The quantitative estimate of drug-likeness (QED) is 0.724. The van der Waals surface area contributed by atoms with E-state index in [1.165, 1.54) is 11.1 Å². The molecule has 2 aromatic rings. The van der Waals surface area contributed by atoms with Crippen LogP contribution in [0, 0.1) is 0 Å². The number of anilines is 1. The van der Waals surface area contributed by atoms with Crippen molar-refractivity contribution in [1.29, 1.82) is 0 Å². The molecular formula is C17H13NO3. The Kier molecular flexibility index (Phi) is 3.28. The normalized spacial score (nSPS) is 12.0. The van der Waals surface area contributed by atoms with E-state index in [4.69, 9.17) is 5.11 Å². The van der Waals surface area contributed by atoms with E-state index in [0.717, 1.165) is 35.4 Å². The zero-order valence-corrected chi connectivity index (χ0v) is 11.2. The molecule has 21 heavy (non-hydrogen) atoms. The minimum Gasteiger partial charge on any atom is -0.478 e. The van der Waals surface area contributed by atoms with Crippen molar-refractivity contribution in [1.82, 2.24) is 0 Å². The number of carboxylic acid groups (broad SMARTS) is 1. The van der Waals surface area contributed by atoms with Crippen LogP contribution in [0.3, 0.4) is 0 Å². The third-order valence-electron chi connectivity index (χ3n) is 3.49. The Morgan fingerprint density at radius 3 is 2.57 bits per heavy atom. The molecule has 2 N–H and O–H groups in total. The van der Waals surface area contributed by atoms with Crippen molar-refractivity contribution < 1.29 is 14.7 Å². The molecule has 0 bridgehead atoms. The number of fused-ring (bicyclic) bond motifs is 3. The molecule has 0 atom stereocenters. The van der Waals surface area contributed by atoms with Crippen LogP contribution in [-0.4, -0.2) is 17.0 Å². The van der Waals surface area contributed by atoms with E-state index in [2.05, 4.69) is 17.4 Å². The van der Waals surface area contributed by atoms with E-state index in [1.807, 2.05) is 30.3 Å². The molecule has 4 heteroatoms. The highest BCUT2D eigenvalue weighted by Gasteiger charge is 2.20. The average Bonchev–Trinajstić information content (AvgIpc) is 2.85. The van der Waals surface area contributed by atoms with Crippen molar-refractivity contribution >= 4 is 17.6 Å². The van der Waals surface area contributed by atoms with E-state index in [9.17, 15) is 9.59 Å². The molecule has 1 amide bonds. The molecular weight excluding hydrogens is 266 g/mol. The van der Waals surface area contributed by atoms with Gasteiger partial charge in [0, 0.05) is 24.3 Å². The van der Waals surface area contributed by atoms with Crippen molar-refractivity contribution in [2.45, 2.75) is 6.42 Å². The van der Waals surface area contributed by atoms with Gasteiger partial charge in [-0.15, -0.1) is 0 Å². The van der Waals surface area contributed by atoms with E-state index in [-0.39, 0.29) is 0 Å². The standard InChI is InChI=1S/C17H13NO3/c19-16(8-9-17(20)21)18-15-7-3-6-13-12-5-2-1-4-11(12)10-14(13)15/h1-9H,10H2,(H,18,19)(H,20,21)/b9-8-. The van der Waals surface area contributed by atoms with Crippen molar-refractivity contribution in [3.63, 3.8) is 0 Å². The fraction of sp³-hybridized carbons (Fsp3) is 0.0588. The smallest absolute Gasteiger partial charge is 0.328 e. The number of hydrogen-bond acceptors (Lipinski definition) is 2. The highest BCUT2D eigenvalue weighted by atomic mass is 16.4. The van der Waals surface area contributed by atoms with Crippen LogP contribution < -0.4 is 5.32 Å². The predicted octanol–water partition coefficient (Wildman–Crippen LogP) is 2.84. The lowest BCUT2D eigenvalue weighted by Gasteiger charge is -2.08. The molecule has 0 aliphatic heterocycles. The number of rotatable bonds is 3. The molecule has 0 saturated carbocycles. The van der Waals surface area contributed by atoms with E-state index in [0.29, 0.717) is 0 Å². The molecule has 3 rings (SSSR count). The first-order valence-corrected chi connectivity index (χ1v) is 6.57. The zero-order valence-electron chi connectivity index (χ0n) is 11.2. The van der Waals surface area contributed by atoms with Crippen LogP contribution in [0.25, 0.3) is 11.1 Å². The Hall–Kier alpha value is -2.88. The Morgan fingerprint density at radius 2 is 1.76 bits per heavy atom. The molecule has 0 fully saturated rings. The lowest BCUT2D eigenvalue weighted by Crippen LogP contribution is -2.10. The Morgan fingerprint density at radius 1 is 1.00 bits per heavy atom. The molecule has 2 aromatic carbocycles. The second-order valence-corrected chi connectivity index (χ2v) is 4.83. The van der Waals surface area contributed by atoms with Crippen LogP contribution in [0.1, 0.15) is 11.1 Å². The molecule has 1 aliphatic rings. The van der Waals surface area contributed by atoms with Gasteiger partial charge in [0.2, 0.25) is 5.91 Å². The fourth-order valence-corrected chi connectivity index (χ4v) is 2.60. The van der Waals surface area contributed by atoms with Gasteiger partial charge in [-0.05, 0) is 28.3 Å². The average molecular weight is 279 g/mol. The van der Waals surface area contributed by atoms with E-state index >= 15 is 0 Å². The van der Waals surface area contributed by atoms with Crippen LogP contribution in [0.5, 0.6) is 0 Å². The van der Waals surface area contributed by atoms with Crippen molar-refractivity contribution in [2.75, 3.05) is 5.32 Å². The monoisotopic (exact) mass is 279 g/mol. The summed E-state index contributed by atoms with van der Waals surface area (Å²) >= 11 is 0. The zero-order chi connectivity index (χ0) is 14.8. The van der Waals surface area contributed by atoms with Crippen LogP contribution in [0.4, 0.5) is 5.69 Å². The third kappa shape index (κ3) is 2.56. The van der Waals surface area contributed by atoms with Gasteiger partial charge in [-0.25, -0.2) is 4.79 Å². The number of carbonyl (C=O) groups excluding carboxylic acids is 1. The van der Waals surface area contributed by atoms with Crippen LogP contribution in [0.15, 0.2) is 54.6 Å². The number of amides is 1. The molecule has 0 radical (unpaired) electrons. The molecule has 104 valence electrons. The summed E-state index contributed by atoms with van der Waals surface area (Å²) in [4.78, 5) is 22.2. The summed E-state index contributed by atoms with van der Waals surface area (Å²) in [5, 5.41) is 11.3. The minimum atomic E-state index is -1.14. The van der Waals surface area contributed by atoms with Gasteiger partial charge in [-0.2, -0.15) is 0 Å². The highest BCUT2D eigenvalue weighted by molar-refractivity contribution is 6.03. The molecule has 0 spiro atoms. The number of hydrogen-bond donors (Lipinski definition) is 2. The summed E-state index contributed by atoms with van der Waals surface area (Å²) in [6.07, 6.45) is 2.61. The number of benzene rings is 2. The molecule has 4 nitrogen and oxygen atoms in total. The number of carbonyl (C=O) groups is 2. The number of aliphatic carboxylic acids is 1. The second-order valence-electron chi connectivity index (χ2n) is 4.83. The van der Waals surface area contributed by atoms with E-state index < -0.39 is 11.9 Å². The van der Waals surface area contributed by atoms with Gasteiger partial charge in [0.15, 0.2) is 0 Å². The van der Waals surface area contributed by atoms with Crippen molar-refractivity contribution in [2.24, 2.45) is 0 Å². The summed E-state index contributed by atoms with van der Waals surface area (Å²) in [6, 6.07) is 13.9. The summed E-state index contributed by atoms with van der Waals surface area (Å²) in [5.41, 5.74) is 5.32. The van der Waals surface area contributed by atoms with Gasteiger partial charge in [-0.1, -0.05) is 36.4 Å². The highest BCUT2D eigenvalue weighted by Crippen LogP contribution is 2.39. The maximum atomic E-state index is 11.7. The first-order chi connectivity index (χ1) is 10.1. The second kappa shape index (κ2) is 5.25.